The van der Waals surface area contributed by atoms with E-state index in [-0.39, 0.29) is 12.2 Å². The van der Waals surface area contributed by atoms with Crippen molar-refractivity contribution in [2.24, 2.45) is 0 Å². The van der Waals surface area contributed by atoms with Gasteiger partial charge in [0.05, 0.1) is 5.52 Å². The van der Waals surface area contributed by atoms with Crippen LogP contribution < -0.4 is 0 Å². The van der Waals surface area contributed by atoms with E-state index in [9.17, 15) is 4.39 Å². The maximum Gasteiger partial charge on any atom is 0.105 e. The molecule has 0 saturated carbocycles. The Morgan fingerprint density at radius 1 is 1.14 bits per heavy atom. The molecule has 0 spiro atoms. The summed E-state index contributed by atoms with van der Waals surface area (Å²) in [6.07, 6.45) is 3.43. The molecule has 0 radical (unpaired) electrons. The minimum absolute atomic E-state index is 0.192. The molecule has 1 heterocycles. The largest absolute Gasteiger partial charge is 0.256 e. The van der Waals surface area contributed by atoms with E-state index in [4.69, 9.17) is 11.6 Å². The number of hydrogen-bond acceptors (Lipinski definition) is 1. The molecule has 4 heteroatoms. The maximum atomic E-state index is 14.4. The molecule has 0 aliphatic rings. The molecule has 22 heavy (non-hydrogen) atoms. The van der Waals surface area contributed by atoms with E-state index in [2.05, 4.69) is 20.9 Å². The fourth-order valence-electron chi connectivity index (χ4n) is 2.31. The van der Waals surface area contributed by atoms with Crippen molar-refractivity contribution in [2.75, 3.05) is 0 Å². The smallest absolute Gasteiger partial charge is 0.105 e. The van der Waals surface area contributed by atoms with Gasteiger partial charge in [-0.15, -0.1) is 0 Å². The zero-order valence-electron chi connectivity index (χ0n) is 11.6. The second kappa shape index (κ2) is 6.59. The summed E-state index contributed by atoms with van der Waals surface area (Å²) >= 11 is 9.32. The van der Waals surface area contributed by atoms with E-state index < -0.39 is 0 Å². The van der Waals surface area contributed by atoms with Gasteiger partial charge in [0.2, 0.25) is 0 Å². The van der Waals surface area contributed by atoms with Crippen LogP contribution in [-0.4, -0.2) is 4.98 Å². The van der Waals surface area contributed by atoms with Gasteiger partial charge >= 0.3 is 0 Å². The molecule has 1 nitrogen and oxygen atoms in total. The molecule has 2 aromatic carbocycles. The van der Waals surface area contributed by atoms with Gasteiger partial charge in [-0.05, 0) is 41.5 Å². The van der Waals surface area contributed by atoms with Crippen LogP contribution in [0, 0.1) is 0 Å². The Hall–Kier alpha value is -1.71. The Morgan fingerprint density at radius 3 is 2.68 bits per heavy atom. The molecular weight excluding hydrogens is 365 g/mol. The number of nitrogens with zero attached hydrogens (tertiary/aromatic N) is 1. The first-order chi connectivity index (χ1) is 10.6. The molecule has 1 aromatic heterocycles. The van der Waals surface area contributed by atoms with E-state index in [1.54, 1.807) is 30.5 Å². The predicted molar refractivity (Wildman–Crippen MR) is 93.7 cm³/mol. The van der Waals surface area contributed by atoms with Gasteiger partial charge in [0.15, 0.2) is 0 Å². The molecule has 0 saturated heterocycles. The summed E-state index contributed by atoms with van der Waals surface area (Å²) in [4.78, 5) is 4.37. The number of hydrogen-bond donors (Lipinski definition) is 0. The fourth-order valence-corrected chi connectivity index (χ4v) is 2.90. The Bertz CT molecular complexity index is 843. The molecule has 0 atom stereocenters. The summed E-state index contributed by atoms with van der Waals surface area (Å²) < 4.78 is 15.2. The van der Waals surface area contributed by atoms with Crippen molar-refractivity contribution in [1.82, 2.24) is 4.98 Å². The summed E-state index contributed by atoms with van der Waals surface area (Å²) in [7, 11) is 0. The topological polar surface area (TPSA) is 12.9 Å². The Morgan fingerprint density at radius 2 is 1.91 bits per heavy atom. The van der Waals surface area contributed by atoms with Crippen LogP contribution in [-0.2, 0) is 6.42 Å². The number of rotatable bonds is 3. The van der Waals surface area contributed by atoms with Crippen LogP contribution in [0.4, 0.5) is 4.39 Å². The molecule has 0 unspecified atom stereocenters. The van der Waals surface area contributed by atoms with Crippen LogP contribution in [0.3, 0.4) is 0 Å². The van der Waals surface area contributed by atoms with Crippen molar-refractivity contribution >= 4 is 44.5 Å². The summed E-state index contributed by atoms with van der Waals surface area (Å²) in [6, 6.07) is 14.8. The highest BCUT2D eigenvalue weighted by Crippen LogP contribution is 2.28. The molecule has 0 amide bonds. The molecule has 0 aliphatic carbocycles. The van der Waals surface area contributed by atoms with Gasteiger partial charge in [0.25, 0.3) is 0 Å². The quantitative estimate of drug-likeness (QED) is 0.530. The number of halogens is 3. The molecule has 110 valence electrons. The van der Waals surface area contributed by atoms with Crippen LogP contribution in [0.25, 0.3) is 17.0 Å². The second-order valence-corrected chi connectivity index (χ2v) is 6.21. The average molecular weight is 377 g/mol. The van der Waals surface area contributed by atoms with E-state index in [1.807, 2.05) is 24.3 Å². The molecule has 0 N–H and O–H groups in total. The molecular formula is C18H12BrClFN. The summed E-state index contributed by atoms with van der Waals surface area (Å²) in [5.74, 6) is -0.221. The van der Waals surface area contributed by atoms with Gasteiger partial charge in [0.1, 0.15) is 5.83 Å². The van der Waals surface area contributed by atoms with Crippen LogP contribution in [0.15, 0.2) is 65.0 Å². The van der Waals surface area contributed by atoms with Gasteiger partial charge in [0, 0.05) is 27.5 Å². The van der Waals surface area contributed by atoms with Crippen LogP contribution in [0.5, 0.6) is 0 Å². The lowest BCUT2D eigenvalue weighted by molar-refractivity contribution is 0.620. The monoisotopic (exact) mass is 375 g/mol. The third-order valence-electron chi connectivity index (χ3n) is 3.36. The van der Waals surface area contributed by atoms with Crippen molar-refractivity contribution < 1.29 is 4.39 Å². The molecule has 0 bridgehead atoms. The third-order valence-corrected chi connectivity index (χ3v) is 4.36. The highest BCUT2D eigenvalue weighted by atomic mass is 79.9. The lowest BCUT2D eigenvalue weighted by atomic mass is 10.1. The van der Waals surface area contributed by atoms with Crippen molar-refractivity contribution in [2.45, 2.75) is 6.42 Å². The highest BCUT2D eigenvalue weighted by molar-refractivity contribution is 9.10. The zero-order chi connectivity index (χ0) is 15.5. The highest BCUT2D eigenvalue weighted by Gasteiger charge is 2.09. The number of aromatic nitrogens is 1. The summed E-state index contributed by atoms with van der Waals surface area (Å²) in [5.41, 5.74) is 2.45. The van der Waals surface area contributed by atoms with E-state index >= 15 is 0 Å². The zero-order valence-corrected chi connectivity index (χ0v) is 13.9. The Labute approximate surface area is 141 Å². The predicted octanol–water partition coefficient (Wildman–Crippen LogP) is 6.20. The number of allylic oxidation sites excluding steroid dienone is 1. The Balaban J connectivity index is 1.95. The molecule has 0 fully saturated rings. The fraction of sp³-hybridized carbons (Fsp3) is 0.0556. The van der Waals surface area contributed by atoms with Crippen LogP contribution in [0.2, 0.25) is 5.02 Å². The van der Waals surface area contributed by atoms with Gasteiger partial charge < -0.3 is 0 Å². The lowest BCUT2D eigenvalue weighted by Gasteiger charge is -2.07. The Kier molecular flexibility index (Phi) is 4.55. The van der Waals surface area contributed by atoms with Crippen molar-refractivity contribution in [1.29, 1.82) is 0 Å². The minimum Gasteiger partial charge on any atom is -0.256 e. The number of pyridine rings is 1. The van der Waals surface area contributed by atoms with Gasteiger partial charge in [-0.2, -0.15) is 0 Å². The SMILES string of the molecule is F/C(=C\c1ccc(Cl)cc1)Cc1c(Br)ccc2cccnc12. The lowest BCUT2D eigenvalue weighted by Crippen LogP contribution is -1.92. The third kappa shape index (κ3) is 3.37. The summed E-state index contributed by atoms with van der Waals surface area (Å²) in [5, 5.41) is 1.64. The number of benzene rings is 2. The van der Waals surface area contributed by atoms with Crippen molar-refractivity contribution in [3.63, 3.8) is 0 Å². The maximum absolute atomic E-state index is 14.4. The van der Waals surface area contributed by atoms with E-state index in [0.717, 1.165) is 26.5 Å². The first-order valence-corrected chi connectivity index (χ1v) is 7.94. The normalized spacial score (nSPS) is 11.9. The average Bonchev–Trinajstić information content (AvgIpc) is 2.52. The van der Waals surface area contributed by atoms with Gasteiger partial charge in [-0.3, -0.25) is 4.98 Å². The van der Waals surface area contributed by atoms with Crippen LogP contribution in [0.1, 0.15) is 11.1 Å². The van der Waals surface area contributed by atoms with Crippen molar-refractivity contribution in [3.05, 3.63) is 81.2 Å². The first-order valence-electron chi connectivity index (χ1n) is 6.77. The summed E-state index contributed by atoms with van der Waals surface area (Å²) in [6.45, 7) is 0. The van der Waals surface area contributed by atoms with E-state index in [1.165, 1.54) is 6.08 Å². The second-order valence-electron chi connectivity index (χ2n) is 4.92. The van der Waals surface area contributed by atoms with Gasteiger partial charge in [-0.25, -0.2) is 4.39 Å². The molecule has 3 rings (SSSR count). The van der Waals surface area contributed by atoms with Crippen LogP contribution >= 0.6 is 27.5 Å². The van der Waals surface area contributed by atoms with E-state index in [0.29, 0.717) is 5.02 Å². The molecule has 0 aliphatic heterocycles. The molecule has 3 aromatic rings. The van der Waals surface area contributed by atoms with Crippen molar-refractivity contribution in [3.8, 4) is 0 Å². The first kappa shape index (κ1) is 15.2. The standard InChI is InChI=1S/C18H12BrClFN/c19-17-8-5-13-2-1-9-22-18(13)16(17)11-15(21)10-12-3-6-14(20)7-4-12/h1-10H,11H2/b15-10-. The number of fused-ring (bicyclic) bond motifs is 1. The minimum atomic E-state index is -0.221. The van der Waals surface area contributed by atoms with Gasteiger partial charge in [-0.1, -0.05) is 51.8 Å².